The molecule has 0 aromatic carbocycles. The molecule has 0 saturated heterocycles. The SMILES string of the molecule is COC(=O)C(C)(C)NCc1nnc(Br)s1. The van der Waals surface area contributed by atoms with Crippen LogP contribution in [0.2, 0.25) is 0 Å². The number of carbonyl (C=O) groups excluding carboxylic acids is 1. The molecule has 0 saturated carbocycles. The molecular formula is C8H12BrN3O2S. The Balaban J connectivity index is 2.53. The van der Waals surface area contributed by atoms with Gasteiger partial charge in [-0.2, -0.15) is 0 Å². The normalized spacial score (nSPS) is 11.5. The van der Waals surface area contributed by atoms with E-state index in [1.807, 2.05) is 0 Å². The molecule has 0 radical (unpaired) electrons. The highest BCUT2D eigenvalue weighted by molar-refractivity contribution is 9.11. The first kappa shape index (κ1) is 12.5. The van der Waals surface area contributed by atoms with Crippen LogP contribution in [0, 0.1) is 0 Å². The summed E-state index contributed by atoms with van der Waals surface area (Å²) in [5.41, 5.74) is -0.715. The van der Waals surface area contributed by atoms with Gasteiger partial charge >= 0.3 is 5.97 Å². The summed E-state index contributed by atoms with van der Waals surface area (Å²) in [6.07, 6.45) is 0. The minimum Gasteiger partial charge on any atom is -0.468 e. The third-order valence-electron chi connectivity index (χ3n) is 1.82. The average molecular weight is 294 g/mol. The van der Waals surface area contributed by atoms with Crippen LogP contribution in [-0.4, -0.2) is 28.8 Å². The molecule has 1 aromatic rings. The Bertz CT molecular complexity index is 353. The van der Waals surface area contributed by atoms with E-state index in [1.54, 1.807) is 13.8 Å². The quantitative estimate of drug-likeness (QED) is 0.849. The van der Waals surface area contributed by atoms with E-state index in [0.29, 0.717) is 6.54 Å². The lowest BCUT2D eigenvalue weighted by Crippen LogP contribution is -2.46. The van der Waals surface area contributed by atoms with Crippen LogP contribution in [-0.2, 0) is 16.1 Å². The Kier molecular flexibility index (Phi) is 4.18. The van der Waals surface area contributed by atoms with Crippen molar-refractivity contribution in [2.45, 2.75) is 25.9 Å². The number of carbonyl (C=O) groups is 1. The molecule has 0 aliphatic heterocycles. The molecule has 1 N–H and O–H groups in total. The van der Waals surface area contributed by atoms with E-state index in [0.717, 1.165) is 8.92 Å². The first-order valence-corrected chi connectivity index (χ1v) is 5.88. The minimum absolute atomic E-state index is 0.300. The Morgan fingerprint density at radius 2 is 2.27 bits per heavy atom. The summed E-state index contributed by atoms with van der Waals surface area (Å²) < 4.78 is 5.40. The van der Waals surface area contributed by atoms with Gasteiger partial charge in [-0.1, -0.05) is 11.3 Å². The van der Waals surface area contributed by atoms with E-state index in [9.17, 15) is 4.79 Å². The van der Waals surface area contributed by atoms with Crippen LogP contribution in [0.15, 0.2) is 3.92 Å². The largest absolute Gasteiger partial charge is 0.468 e. The van der Waals surface area contributed by atoms with Gasteiger partial charge in [-0.3, -0.25) is 10.1 Å². The van der Waals surface area contributed by atoms with Crippen molar-refractivity contribution in [2.75, 3.05) is 7.11 Å². The van der Waals surface area contributed by atoms with E-state index in [1.165, 1.54) is 18.4 Å². The van der Waals surface area contributed by atoms with Gasteiger partial charge in [0.2, 0.25) is 0 Å². The third-order valence-corrected chi connectivity index (χ3v) is 3.18. The maximum absolute atomic E-state index is 11.3. The molecule has 0 aliphatic rings. The van der Waals surface area contributed by atoms with Gasteiger partial charge in [-0.25, -0.2) is 0 Å². The zero-order valence-corrected chi connectivity index (χ0v) is 11.1. The Morgan fingerprint density at radius 3 is 2.73 bits per heavy atom. The van der Waals surface area contributed by atoms with Crippen molar-refractivity contribution in [3.8, 4) is 0 Å². The van der Waals surface area contributed by atoms with Crippen molar-refractivity contribution in [2.24, 2.45) is 0 Å². The fraction of sp³-hybridized carbons (Fsp3) is 0.625. The summed E-state index contributed by atoms with van der Waals surface area (Å²) in [5.74, 6) is -0.300. The summed E-state index contributed by atoms with van der Waals surface area (Å²) in [6.45, 7) is 4.01. The summed E-state index contributed by atoms with van der Waals surface area (Å²) in [6, 6.07) is 0. The van der Waals surface area contributed by atoms with Gasteiger partial charge in [0.25, 0.3) is 0 Å². The van der Waals surface area contributed by atoms with Crippen molar-refractivity contribution < 1.29 is 9.53 Å². The highest BCUT2D eigenvalue weighted by Gasteiger charge is 2.28. The summed E-state index contributed by atoms with van der Waals surface area (Å²) in [4.78, 5) is 11.3. The molecule has 0 unspecified atom stereocenters. The summed E-state index contributed by atoms with van der Waals surface area (Å²) in [7, 11) is 1.37. The molecule has 0 fully saturated rings. The zero-order valence-electron chi connectivity index (χ0n) is 8.70. The van der Waals surface area contributed by atoms with E-state index < -0.39 is 5.54 Å². The molecule has 5 nitrogen and oxygen atoms in total. The molecule has 7 heteroatoms. The van der Waals surface area contributed by atoms with Crippen molar-refractivity contribution >= 4 is 33.2 Å². The number of nitrogens with one attached hydrogen (secondary N) is 1. The topological polar surface area (TPSA) is 64.1 Å². The maximum atomic E-state index is 11.3. The second-order valence-corrected chi connectivity index (χ2v) is 5.76. The third kappa shape index (κ3) is 3.51. The predicted octanol–water partition coefficient (Wildman–Crippen LogP) is 1.34. The van der Waals surface area contributed by atoms with Crippen LogP contribution < -0.4 is 5.32 Å². The van der Waals surface area contributed by atoms with E-state index in [2.05, 4.69) is 36.2 Å². The zero-order chi connectivity index (χ0) is 11.5. The van der Waals surface area contributed by atoms with Gasteiger partial charge in [-0.05, 0) is 29.8 Å². The number of ether oxygens (including phenoxy) is 1. The van der Waals surface area contributed by atoms with Crippen LogP contribution >= 0.6 is 27.3 Å². The number of nitrogens with zero attached hydrogens (tertiary/aromatic N) is 2. The monoisotopic (exact) mass is 293 g/mol. The maximum Gasteiger partial charge on any atom is 0.325 e. The van der Waals surface area contributed by atoms with Gasteiger partial charge in [0, 0.05) is 0 Å². The lowest BCUT2D eigenvalue weighted by molar-refractivity contribution is -0.147. The fourth-order valence-electron chi connectivity index (χ4n) is 0.928. The summed E-state index contributed by atoms with van der Waals surface area (Å²) in [5, 5.41) is 11.6. The Hall–Kier alpha value is -0.530. The number of rotatable bonds is 4. The lowest BCUT2D eigenvalue weighted by atomic mass is 10.1. The number of halogens is 1. The Morgan fingerprint density at radius 1 is 1.60 bits per heavy atom. The van der Waals surface area contributed by atoms with Crippen molar-refractivity contribution in [1.82, 2.24) is 15.5 Å². The van der Waals surface area contributed by atoms with E-state index in [4.69, 9.17) is 0 Å². The van der Waals surface area contributed by atoms with E-state index >= 15 is 0 Å². The van der Waals surface area contributed by atoms with Gasteiger partial charge in [0.05, 0.1) is 13.7 Å². The van der Waals surface area contributed by atoms with Gasteiger partial charge < -0.3 is 4.74 Å². The molecule has 0 bridgehead atoms. The molecule has 0 spiro atoms. The van der Waals surface area contributed by atoms with Crippen LogP contribution in [0.5, 0.6) is 0 Å². The highest BCUT2D eigenvalue weighted by Crippen LogP contribution is 2.16. The van der Waals surface area contributed by atoms with Gasteiger partial charge in [0.15, 0.2) is 3.92 Å². The number of hydrogen-bond donors (Lipinski definition) is 1. The number of hydrogen-bond acceptors (Lipinski definition) is 6. The van der Waals surface area contributed by atoms with Crippen molar-refractivity contribution in [3.63, 3.8) is 0 Å². The molecule has 1 aromatic heterocycles. The molecular weight excluding hydrogens is 282 g/mol. The number of methoxy groups -OCH3 is 1. The van der Waals surface area contributed by atoms with Crippen molar-refractivity contribution in [3.05, 3.63) is 8.92 Å². The fourth-order valence-corrected chi connectivity index (χ4v) is 2.07. The molecule has 1 rings (SSSR count). The molecule has 1 heterocycles. The molecule has 0 atom stereocenters. The molecule has 0 amide bonds. The highest BCUT2D eigenvalue weighted by atomic mass is 79.9. The van der Waals surface area contributed by atoms with E-state index in [-0.39, 0.29) is 5.97 Å². The minimum atomic E-state index is -0.715. The molecule has 0 aliphatic carbocycles. The predicted molar refractivity (Wildman–Crippen MR) is 60.5 cm³/mol. The van der Waals surface area contributed by atoms with Gasteiger partial charge in [0.1, 0.15) is 10.5 Å². The first-order valence-electron chi connectivity index (χ1n) is 4.27. The standard InChI is InChI=1S/C8H12BrN3O2S/c1-8(2,6(13)14-3)10-4-5-11-12-7(9)15-5/h10H,4H2,1-3H3. The molecule has 84 valence electrons. The van der Waals surface area contributed by atoms with Crippen LogP contribution in [0.3, 0.4) is 0 Å². The van der Waals surface area contributed by atoms with Crippen molar-refractivity contribution in [1.29, 1.82) is 0 Å². The average Bonchev–Trinajstić information content (AvgIpc) is 2.60. The Labute approximate surface area is 100 Å². The van der Waals surface area contributed by atoms with Crippen LogP contribution in [0.25, 0.3) is 0 Å². The van der Waals surface area contributed by atoms with Crippen LogP contribution in [0.4, 0.5) is 0 Å². The first-order chi connectivity index (χ1) is 6.95. The van der Waals surface area contributed by atoms with Crippen LogP contribution in [0.1, 0.15) is 18.9 Å². The lowest BCUT2D eigenvalue weighted by Gasteiger charge is -2.22. The number of aromatic nitrogens is 2. The number of esters is 1. The van der Waals surface area contributed by atoms with Gasteiger partial charge in [-0.15, -0.1) is 10.2 Å². The smallest absolute Gasteiger partial charge is 0.325 e. The molecule has 15 heavy (non-hydrogen) atoms. The summed E-state index contributed by atoms with van der Waals surface area (Å²) >= 11 is 4.65. The second kappa shape index (κ2) is 5.00. The second-order valence-electron chi connectivity index (χ2n) is 3.42.